The number of piperazine rings is 1. The van der Waals surface area contributed by atoms with Gasteiger partial charge in [-0.15, -0.1) is 0 Å². The molecule has 0 aliphatic carbocycles. The summed E-state index contributed by atoms with van der Waals surface area (Å²) in [6, 6.07) is 8.43. The van der Waals surface area contributed by atoms with Crippen molar-refractivity contribution in [2.45, 2.75) is 38.8 Å². The van der Waals surface area contributed by atoms with Crippen LogP contribution in [0.4, 0.5) is 0 Å². The van der Waals surface area contributed by atoms with Crippen molar-refractivity contribution in [2.24, 2.45) is 0 Å². The fourth-order valence-electron chi connectivity index (χ4n) is 3.07. The van der Waals surface area contributed by atoms with Crippen molar-refractivity contribution in [1.82, 2.24) is 10.2 Å². The van der Waals surface area contributed by atoms with Crippen LogP contribution in [0.2, 0.25) is 0 Å². The van der Waals surface area contributed by atoms with E-state index >= 15 is 0 Å². The van der Waals surface area contributed by atoms with E-state index in [2.05, 4.69) is 42.3 Å². The minimum atomic E-state index is 0.307. The second kappa shape index (κ2) is 6.40. The summed E-state index contributed by atoms with van der Waals surface area (Å²) in [5, 5.41) is 3.55. The Morgan fingerprint density at radius 1 is 1.32 bits per heavy atom. The highest BCUT2D eigenvalue weighted by molar-refractivity contribution is 5.28. The van der Waals surface area contributed by atoms with Crippen LogP contribution in [0, 0.1) is 0 Å². The van der Waals surface area contributed by atoms with E-state index in [1.54, 1.807) is 7.11 Å². The van der Waals surface area contributed by atoms with Crippen LogP contribution in [-0.2, 0) is 6.54 Å². The summed E-state index contributed by atoms with van der Waals surface area (Å²) >= 11 is 0. The topological polar surface area (TPSA) is 24.5 Å². The fraction of sp³-hybridized carbons (Fsp3) is 0.625. The lowest BCUT2D eigenvalue weighted by molar-refractivity contribution is 0.0447. The van der Waals surface area contributed by atoms with Crippen molar-refractivity contribution in [2.75, 3.05) is 26.7 Å². The molecule has 1 aromatic carbocycles. The molecule has 3 heteroatoms. The van der Waals surface area contributed by atoms with Gasteiger partial charge in [0.2, 0.25) is 0 Å². The van der Waals surface area contributed by atoms with Crippen LogP contribution in [-0.4, -0.2) is 37.2 Å². The van der Waals surface area contributed by atoms with E-state index < -0.39 is 0 Å². The molecule has 106 valence electrons. The molecule has 0 amide bonds. The van der Waals surface area contributed by atoms with E-state index in [1.165, 1.54) is 18.4 Å². The van der Waals surface area contributed by atoms with Crippen LogP contribution in [0.3, 0.4) is 0 Å². The molecular formula is C16H26N2O. The quantitative estimate of drug-likeness (QED) is 0.883. The molecule has 0 aromatic heterocycles. The zero-order valence-corrected chi connectivity index (χ0v) is 12.4. The van der Waals surface area contributed by atoms with Gasteiger partial charge in [-0.1, -0.05) is 26.0 Å². The van der Waals surface area contributed by atoms with E-state index in [9.17, 15) is 0 Å². The number of rotatable bonds is 5. The maximum absolute atomic E-state index is 5.32. The van der Waals surface area contributed by atoms with Crippen molar-refractivity contribution in [3.63, 3.8) is 0 Å². The smallest absolute Gasteiger partial charge is 0.119 e. The normalized spacial score (nSPS) is 19.3. The van der Waals surface area contributed by atoms with Crippen LogP contribution in [0.5, 0.6) is 5.75 Å². The molecule has 0 atom stereocenters. The molecule has 1 aliphatic heterocycles. The number of nitrogens with one attached hydrogen (secondary N) is 1. The van der Waals surface area contributed by atoms with Gasteiger partial charge in [0.25, 0.3) is 0 Å². The molecule has 19 heavy (non-hydrogen) atoms. The van der Waals surface area contributed by atoms with Gasteiger partial charge in [-0.25, -0.2) is 0 Å². The second-order valence-corrected chi connectivity index (χ2v) is 5.38. The first-order chi connectivity index (χ1) is 9.24. The monoisotopic (exact) mass is 262 g/mol. The molecule has 0 spiro atoms. The zero-order valence-electron chi connectivity index (χ0n) is 12.4. The van der Waals surface area contributed by atoms with Crippen LogP contribution in [0.1, 0.15) is 32.3 Å². The van der Waals surface area contributed by atoms with Crippen LogP contribution >= 0.6 is 0 Å². The first-order valence-electron chi connectivity index (χ1n) is 7.33. The van der Waals surface area contributed by atoms with Crippen molar-refractivity contribution < 1.29 is 4.74 Å². The van der Waals surface area contributed by atoms with Crippen molar-refractivity contribution in [3.8, 4) is 5.75 Å². The summed E-state index contributed by atoms with van der Waals surface area (Å²) in [7, 11) is 1.73. The number of benzene rings is 1. The molecule has 0 unspecified atom stereocenters. The van der Waals surface area contributed by atoms with Gasteiger partial charge in [0.15, 0.2) is 0 Å². The molecule has 0 saturated carbocycles. The van der Waals surface area contributed by atoms with Gasteiger partial charge in [-0.3, -0.25) is 4.90 Å². The van der Waals surface area contributed by atoms with Crippen LogP contribution in [0.25, 0.3) is 0 Å². The third kappa shape index (κ3) is 3.10. The second-order valence-electron chi connectivity index (χ2n) is 5.38. The maximum Gasteiger partial charge on any atom is 0.119 e. The summed E-state index contributed by atoms with van der Waals surface area (Å²) in [6.07, 6.45) is 2.39. The number of hydrogen-bond acceptors (Lipinski definition) is 3. The number of methoxy groups -OCH3 is 1. The van der Waals surface area contributed by atoms with E-state index in [-0.39, 0.29) is 0 Å². The molecule has 1 N–H and O–H groups in total. The average molecular weight is 262 g/mol. The lowest BCUT2D eigenvalue weighted by Gasteiger charge is -2.47. The predicted molar refractivity (Wildman–Crippen MR) is 79.6 cm³/mol. The van der Waals surface area contributed by atoms with E-state index in [4.69, 9.17) is 4.74 Å². The Morgan fingerprint density at radius 2 is 2.11 bits per heavy atom. The van der Waals surface area contributed by atoms with Gasteiger partial charge in [-0.05, 0) is 30.5 Å². The molecule has 2 rings (SSSR count). The Hall–Kier alpha value is -1.06. The Bertz CT molecular complexity index is 401. The first kappa shape index (κ1) is 14.4. The molecule has 3 nitrogen and oxygen atoms in total. The molecule has 1 aliphatic rings. The van der Waals surface area contributed by atoms with Crippen molar-refractivity contribution >= 4 is 0 Å². The zero-order chi connectivity index (χ0) is 13.7. The van der Waals surface area contributed by atoms with Crippen LogP contribution < -0.4 is 10.1 Å². The van der Waals surface area contributed by atoms with Gasteiger partial charge in [0.1, 0.15) is 5.75 Å². The summed E-state index contributed by atoms with van der Waals surface area (Å²) < 4.78 is 5.32. The lowest BCUT2D eigenvalue weighted by Crippen LogP contribution is -2.60. The SMILES string of the molecule is CCC1(CC)CNCCN1Cc1cccc(OC)c1. The van der Waals surface area contributed by atoms with Crippen molar-refractivity contribution in [3.05, 3.63) is 29.8 Å². The number of ether oxygens (including phenoxy) is 1. The molecule has 1 aromatic rings. The highest BCUT2D eigenvalue weighted by Gasteiger charge is 2.35. The highest BCUT2D eigenvalue weighted by atomic mass is 16.5. The minimum absolute atomic E-state index is 0.307. The predicted octanol–water partition coefficient (Wildman–Crippen LogP) is 2.66. The van der Waals surface area contributed by atoms with Gasteiger partial charge in [0.05, 0.1) is 7.11 Å². The molecule has 1 fully saturated rings. The van der Waals surface area contributed by atoms with E-state index in [0.29, 0.717) is 5.54 Å². The van der Waals surface area contributed by atoms with Gasteiger partial charge >= 0.3 is 0 Å². The Kier molecular flexibility index (Phi) is 4.83. The standard InChI is InChI=1S/C16H26N2O/c1-4-16(5-2)13-17-9-10-18(16)12-14-7-6-8-15(11-14)19-3/h6-8,11,17H,4-5,9-10,12-13H2,1-3H3. The average Bonchev–Trinajstić information content (AvgIpc) is 2.48. The third-order valence-corrected chi connectivity index (χ3v) is 4.51. The minimum Gasteiger partial charge on any atom is -0.497 e. The largest absolute Gasteiger partial charge is 0.497 e. The summed E-state index contributed by atoms with van der Waals surface area (Å²) in [4.78, 5) is 2.64. The molecule has 1 saturated heterocycles. The van der Waals surface area contributed by atoms with E-state index in [1.807, 2.05) is 6.07 Å². The molecule has 0 radical (unpaired) electrons. The number of hydrogen-bond donors (Lipinski definition) is 1. The van der Waals surface area contributed by atoms with E-state index in [0.717, 1.165) is 31.9 Å². The van der Waals surface area contributed by atoms with Gasteiger partial charge < -0.3 is 10.1 Å². The molecule has 0 bridgehead atoms. The summed E-state index contributed by atoms with van der Waals surface area (Å²) in [5.74, 6) is 0.950. The summed E-state index contributed by atoms with van der Waals surface area (Å²) in [6.45, 7) is 8.93. The summed E-state index contributed by atoms with van der Waals surface area (Å²) in [5.41, 5.74) is 1.65. The Morgan fingerprint density at radius 3 is 2.79 bits per heavy atom. The van der Waals surface area contributed by atoms with Crippen LogP contribution in [0.15, 0.2) is 24.3 Å². The molecule has 1 heterocycles. The van der Waals surface area contributed by atoms with Gasteiger partial charge in [0, 0.05) is 31.7 Å². The molecular weight excluding hydrogens is 236 g/mol. The third-order valence-electron chi connectivity index (χ3n) is 4.51. The van der Waals surface area contributed by atoms with Crippen molar-refractivity contribution in [1.29, 1.82) is 0 Å². The maximum atomic E-state index is 5.32. The Balaban J connectivity index is 2.14. The fourth-order valence-corrected chi connectivity index (χ4v) is 3.07. The van der Waals surface area contributed by atoms with Gasteiger partial charge in [-0.2, -0.15) is 0 Å². The Labute approximate surface area is 116 Å². The first-order valence-corrected chi connectivity index (χ1v) is 7.33. The highest BCUT2D eigenvalue weighted by Crippen LogP contribution is 2.27. The lowest BCUT2D eigenvalue weighted by atomic mass is 9.88. The number of nitrogens with zero attached hydrogens (tertiary/aromatic N) is 1.